The third kappa shape index (κ3) is 5.86. The minimum absolute atomic E-state index is 0.0903. The van der Waals surface area contributed by atoms with Gasteiger partial charge in [0.1, 0.15) is 5.60 Å². The maximum atomic E-state index is 12.0. The molecule has 25 heavy (non-hydrogen) atoms. The molecule has 2 aromatic rings. The highest BCUT2D eigenvalue weighted by atomic mass is 79.9. The Labute approximate surface area is 153 Å². The number of carbonyl (C=O) groups is 2. The summed E-state index contributed by atoms with van der Waals surface area (Å²) in [4.78, 5) is 24.7. The van der Waals surface area contributed by atoms with E-state index in [1.54, 1.807) is 20.8 Å². The maximum absolute atomic E-state index is 12.0. The first-order chi connectivity index (χ1) is 11.6. The van der Waals surface area contributed by atoms with Crippen molar-refractivity contribution in [3.63, 3.8) is 0 Å². The highest BCUT2D eigenvalue weighted by Crippen LogP contribution is 2.15. The Balaban J connectivity index is 1.94. The fraction of sp³-hybridized carbons (Fsp3) is 0.375. The van der Waals surface area contributed by atoms with Gasteiger partial charge >= 0.3 is 18.1 Å². The molecule has 1 aromatic heterocycles. The van der Waals surface area contributed by atoms with Crippen molar-refractivity contribution in [1.29, 1.82) is 0 Å². The van der Waals surface area contributed by atoms with E-state index in [1.165, 1.54) is 7.05 Å². The van der Waals surface area contributed by atoms with Crippen LogP contribution in [0.5, 0.6) is 0 Å². The second kappa shape index (κ2) is 7.64. The number of aromatic nitrogens is 2. The number of amides is 3. The Bertz CT molecular complexity index is 752. The molecule has 0 saturated heterocycles. The number of urea groups is 1. The summed E-state index contributed by atoms with van der Waals surface area (Å²) in [6.07, 6.45) is -0.350. The quantitative estimate of drug-likeness (QED) is 0.825. The second-order valence-electron chi connectivity index (χ2n) is 6.27. The minimum atomic E-state index is -0.778. The van der Waals surface area contributed by atoms with Crippen LogP contribution in [0.2, 0.25) is 0 Å². The van der Waals surface area contributed by atoms with Crippen molar-refractivity contribution >= 4 is 34.1 Å². The standard InChI is InChI=1S/C16H19BrN4O4/c1-16(2,3)25-15(23)21(4)14(22)18-13-20-19-12(24-13)9-10-5-7-11(17)8-6-10/h5-8H,9H2,1-4H3,(H,18,20,22). The zero-order valence-electron chi connectivity index (χ0n) is 14.4. The molecular weight excluding hydrogens is 392 g/mol. The van der Waals surface area contributed by atoms with Gasteiger partial charge in [0.15, 0.2) is 0 Å². The second-order valence-corrected chi connectivity index (χ2v) is 7.19. The first-order valence-corrected chi connectivity index (χ1v) is 8.28. The fourth-order valence-corrected chi connectivity index (χ4v) is 2.01. The maximum Gasteiger partial charge on any atom is 0.418 e. The summed E-state index contributed by atoms with van der Waals surface area (Å²) < 4.78 is 11.5. The summed E-state index contributed by atoms with van der Waals surface area (Å²) in [5.41, 5.74) is 0.282. The Hall–Kier alpha value is -2.42. The van der Waals surface area contributed by atoms with Gasteiger partial charge in [-0.1, -0.05) is 33.2 Å². The van der Waals surface area contributed by atoms with Crippen LogP contribution in [0.15, 0.2) is 33.2 Å². The van der Waals surface area contributed by atoms with Crippen molar-refractivity contribution in [2.75, 3.05) is 12.4 Å². The Morgan fingerprint density at radius 2 is 1.88 bits per heavy atom. The summed E-state index contributed by atoms with van der Waals surface area (Å²) >= 11 is 3.36. The van der Waals surface area contributed by atoms with E-state index in [0.717, 1.165) is 14.9 Å². The number of hydrogen-bond acceptors (Lipinski definition) is 6. The number of rotatable bonds is 3. The van der Waals surface area contributed by atoms with Crippen molar-refractivity contribution in [3.05, 3.63) is 40.2 Å². The van der Waals surface area contributed by atoms with Crippen molar-refractivity contribution in [3.8, 4) is 0 Å². The molecule has 0 spiro atoms. The predicted octanol–water partition coefficient (Wildman–Crippen LogP) is 3.82. The van der Waals surface area contributed by atoms with Gasteiger partial charge in [-0.25, -0.2) is 14.5 Å². The van der Waals surface area contributed by atoms with Crippen LogP contribution >= 0.6 is 15.9 Å². The normalized spacial score (nSPS) is 11.1. The molecule has 1 N–H and O–H groups in total. The molecular formula is C16H19BrN4O4. The van der Waals surface area contributed by atoms with E-state index in [0.29, 0.717) is 12.3 Å². The van der Waals surface area contributed by atoms with Gasteiger partial charge in [0.2, 0.25) is 5.89 Å². The van der Waals surface area contributed by atoms with Crippen LogP contribution in [0.4, 0.5) is 15.6 Å². The third-order valence-electron chi connectivity index (χ3n) is 2.92. The van der Waals surface area contributed by atoms with Gasteiger partial charge < -0.3 is 9.15 Å². The molecule has 3 amide bonds. The zero-order chi connectivity index (χ0) is 18.6. The number of nitrogens with zero attached hydrogens (tertiary/aromatic N) is 3. The molecule has 0 atom stereocenters. The molecule has 0 bridgehead atoms. The number of hydrogen-bond donors (Lipinski definition) is 1. The van der Waals surface area contributed by atoms with Crippen LogP contribution in [0.1, 0.15) is 32.2 Å². The zero-order valence-corrected chi connectivity index (χ0v) is 16.0. The van der Waals surface area contributed by atoms with Crippen LogP contribution in [0.25, 0.3) is 0 Å². The lowest BCUT2D eigenvalue weighted by atomic mass is 10.2. The van der Waals surface area contributed by atoms with Gasteiger partial charge in [-0.3, -0.25) is 5.32 Å². The van der Waals surface area contributed by atoms with Gasteiger partial charge in [0.25, 0.3) is 0 Å². The topological polar surface area (TPSA) is 97.6 Å². The first-order valence-electron chi connectivity index (χ1n) is 7.48. The predicted molar refractivity (Wildman–Crippen MR) is 94.3 cm³/mol. The highest BCUT2D eigenvalue weighted by Gasteiger charge is 2.25. The minimum Gasteiger partial charge on any atom is -0.443 e. The summed E-state index contributed by atoms with van der Waals surface area (Å²) in [7, 11) is 1.29. The van der Waals surface area contributed by atoms with Crippen LogP contribution in [0, 0.1) is 0 Å². The molecule has 1 aromatic carbocycles. The number of benzene rings is 1. The number of halogens is 1. The smallest absolute Gasteiger partial charge is 0.418 e. The van der Waals surface area contributed by atoms with Gasteiger partial charge in [-0.15, -0.1) is 5.10 Å². The lowest BCUT2D eigenvalue weighted by molar-refractivity contribution is 0.0369. The van der Waals surface area contributed by atoms with Gasteiger partial charge in [0, 0.05) is 11.5 Å². The molecule has 134 valence electrons. The molecule has 0 aliphatic rings. The molecule has 0 saturated carbocycles. The van der Waals surface area contributed by atoms with Crippen molar-refractivity contribution in [1.82, 2.24) is 15.1 Å². The summed E-state index contributed by atoms with van der Waals surface area (Å²) in [6.45, 7) is 5.13. The van der Waals surface area contributed by atoms with Crippen LogP contribution < -0.4 is 5.32 Å². The fourth-order valence-electron chi connectivity index (χ4n) is 1.74. The molecule has 2 rings (SSSR count). The van der Waals surface area contributed by atoms with E-state index in [4.69, 9.17) is 9.15 Å². The molecule has 0 aliphatic heterocycles. The number of anilines is 1. The Morgan fingerprint density at radius 3 is 2.48 bits per heavy atom. The number of imide groups is 1. The monoisotopic (exact) mass is 410 g/mol. The van der Waals surface area contributed by atoms with E-state index < -0.39 is 17.7 Å². The van der Waals surface area contributed by atoms with E-state index in [-0.39, 0.29) is 6.01 Å². The lowest BCUT2D eigenvalue weighted by Crippen LogP contribution is -2.40. The summed E-state index contributed by atoms with van der Waals surface area (Å²) in [5, 5.41) is 9.98. The van der Waals surface area contributed by atoms with Gasteiger partial charge in [-0.05, 0) is 38.5 Å². The molecule has 1 heterocycles. The van der Waals surface area contributed by atoms with Crippen LogP contribution in [0.3, 0.4) is 0 Å². The highest BCUT2D eigenvalue weighted by molar-refractivity contribution is 9.10. The van der Waals surface area contributed by atoms with Crippen molar-refractivity contribution in [2.24, 2.45) is 0 Å². The first kappa shape index (κ1) is 18.9. The number of carbonyl (C=O) groups excluding carboxylic acids is 2. The lowest BCUT2D eigenvalue weighted by Gasteiger charge is -2.23. The van der Waals surface area contributed by atoms with E-state index in [2.05, 4.69) is 31.4 Å². The molecule has 0 fully saturated rings. The molecule has 0 aliphatic carbocycles. The molecule has 0 unspecified atom stereocenters. The van der Waals surface area contributed by atoms with Gasteiger partial charge in [0.05, 0.1) is 6.42 Å². The summed E-state index contributed by atoms with van der Waals surface area (Å²) in [6, 6.07) is 6.83. The third-order valence-corrected chi connectivity index (χ3v) is 3.45. The van der Waals surface area contributed by atoms with Gasteiger partial charge in [-0.2, -0.15) is 0 Å². The van der Waals surface area contributed by atoms with E-state index in [1.807, 2.05) is 24.3 Å². The van der Waals surface area contributed by atoms with E-state index in [9.17, 15) is 9.59 Å². The van der Waals surface area contributed by atoms with E-state index >= 15 is 0 Å². The average Bonchev–Trinajstić information content (AvgIpc) is 2.94. The molecule has 0 radical (unpaired) electrons. The van der Waals surface area contributed by atoms with Crippen molar-refractivity contribution < 1.29 is 18.7 Å². The largest absolute Gasteiger partial charge is 0.443 e. The van der Waals surface area contributed by atoms with Crippen LogP contribution in [-0.4, -0.2) is 39.9 Å². The summed E-state index contributed by atoms with van der Waals surface area (Å²) in [5.74, 6) is 0.345. The van der Waals surface area contributed by atoms with Crippen molar-refractivity contribution in [2.45, 2.75) is 32.8 Å². The Kier molecular flexibility index (Phi) is 5.78. The Morgan fingerprint density at radius 1 is 1.24 bits per heavy atom. The molecule has 9 heteroatoms. The number of ether oxygens (including phenoxy) is 1. The average molecular weight is 411 g/mol. The SMILES string of the molecule is CN(C(=O)Nc1nnc(Cc2ccc(Br)cc2)o1)C(=O)OC(C)(C)C. The number of nitrogens with one attached hydrogen (secondary N) is 1. The molecule has 8 nitrogen and oxygen atoms in total. The van der Waals surface area contributed by atoms with Crippen LogP contribution in [-0.2, 0) is 11.2 Å².